The van der Waals surface area contributed by atoms with Gasteiger partial charge in [-0.05, 0) is 17.7 Å². The minimum atomic E-state index is -1.41. The topological polar surface area (TPSA) is 102 Å². The molecular weight excluding hydrogens is 326 g/mol. The van der Waals surface area contributed by atoms with Crippen molar-refractivity contribution in [3.63, 3.8) is 0 Å². The Kier molecular flexibility index (Phi) is 6.53. The summed E-state index contributed by atoms with van der Waals surface area (Å²) in [6.45, 7) is -0.508. The average Bonchev–Trinajstić information content (AvgIpc) is 2.64. The number of carboxylic acids is 1. The van der Waals surface area contributed by atoms with Gasteiger partial charge in [0.25, 0.3) is 0 Å². The molecule has 2 aromatic carbocycles. The first-order valence-corrected chi connectivity index (χ1v) is 7.48. The number of nitrogens with one attached hydrogen (secondary N) is 1. The maximum atomic E-state index is 11.8. The minimum Gasteiger partial charge on any atom is -0.480 e. The van der Waals surface area contributed by atoms with Crippen LogP contribution in [0.25, 0.3) is 0 Å². The highest BCUT2D eigenvalue weighted by atomic mass is 16.6. The molecule has 0 spiro atoms. The van der Waals surface area contributed by atoms with E-state index in [4.69, 9.17) is 14.6 Å². The lowest BCUT2D eigenvalue weighted by molar-refractivity contribution is -0.140. The molecule has 0 aliphatic rings. The molecule has 7 nitrogen and oxygen atoms in total. The Hall–Kier alpha value is -3.35. The van der Waals surface area contributed by atoms with Gasteiger partial charge in [0.2, 0.25) is 0 Å². The Balaban J connectivity index is 1.82. The summed E-state index contributed by atoms with van der Waals surface area (Å²) in [7, 11) is 0. The van der Waals surface area contributed by atoms with Crippen LogP contribution in [0.3, 0.4) is 0 Å². The van der Waals surface area contributed by atoms with Crippen LogP contribution in [0.4, 0.5) is 4.79 Å². The van der Waals surface area contributed by atoms with Crippen LogP contribution >= 0.6 is 0 Å². The van der Waals surface area contributed by atoms with Crippen LogP contribution in [-0.2, 0) is 20.9 Å². The van der Waals surface area contributed by atoms with Crippen molar-refractivity contribution >= 4 is 18.0 Å². The van der Waals surface area contributed by atoms with Gasteiger partial charge in [-0.3, -0.25) is 0 Å². The Morgan fingerprint density at radius 1 is 0.920 bits per heavy atom. The van der Waals surface area contributed by atoms with Crippen molar-refractivity contribution < 1.29 is 29.0 Å². The number of benzene rings is 2. The van der Waals surface area contributed by atoms with Gasteiger partial charge in [-0.25, -0.2) is 14.4 Å². The van der Waals surface area contributed by atoms with E-state index >= 15 is 0 Å². The van der Waals surface area contributed by atoms with Crippen LogP contribution in [0.2, 0.25) is 0 Å². The van der Waals surface area contributed by atoms with E-state index in [-0.39, 0.29) is 6.61 Å². The van der Waals surface area contributed by atoms with Gasteiger partial charge in [-0.2, -0.15) is 0 Å². The smallest absolute Gasteiger partial charge is 0.408 e. The average molecular weight is 343 g/mol. The fourth-order valence-corrected chi connectivity index (χ4v) is 1.90. The van der Waals surface area contributed by atoms with Crippen molar-refractivity contribution in [3.8, 4) is 0 Å². The predicted molar refractivity (Wildman–Crippen MR) is 87.9 cm³/mol. The third kappa shape index (κ3) is 5.98. The van der Waals surface area contributed by atoms with E-state index in [1.54, 1.807) is 54.6 Å². The lowest BCUT2D eigenvalue weighted by Crippen LogP contribution is -2.44. The van der Waals surface area contributed by atoms with Gasteiger partial charge in [0.05, 0.1) is 5.56 Å². The zero-order chi connectivity index (χ0) is 18.1. The first kappa shape index (κ1) is 18.0. The van der Waals surface area contributed by atoms with Crippen molar-refractivity contribution in [2.24, 2.45) is 0 Å². The normalized spacial score (nSPS) is 11.2. The predicted octanol–water partition coefficient (Wildman–Crippen LogP) is 2.22. The number of amides is 1. The van der Waals surface area contributed by atoms with Crippen LogP contribution in [0.1, 0.15) is 15.9 Å². The van der Waals surface area contributed by atoms with Crippen molar-refractivity contribution in [1.29, 1.82) is 0 Å². The van der Waals surface area contributed by atoms with E-state index in [2.05, 4.69) is 5.32 Å². The number of carboxylic acid groups (broad SMARTS) is 1. The van der Waals surface area contributed by atoms with Gasteiger partial charge in [0.15, 0.2) is 6.04 Å². The second kappa shape index (κ2) is 9.07. The molecule has 1 amide bonds. The van der Waals surface area contributed by atoms with Crippen LogP contribution < -0.4 is 5.32 Å². The molecular formula is C18H17NO6. The first-order valence-electron chi connectivity index (χ1n) is 7.48. The van der Waals surface area contributed by atoms with Gasteiger partial charge >= 0.3 is 18.0 Å². The van der Waals surface area contributed by atoms with E-state index in [1.165, 1.54) is 0 Å². The van der Waals surface area contributed by atoms with Crippen molar-refractivity contribution in [1.82, 2.24) is 5.32 Å². The maximum absolute atomic E-state index is 11.8. The van der Waals surface area contributed by atoms with Gasteiger partial charge < -0.3 is 19.9 Å². The number of ether oxygens (including phenoxy) is 2. The molecule has 0 heterocycles. The SMILES string of the molecule is O=C(N[C@@H](COC(=O)c1ccccc1)C(=O)O)OCc1ccccc1. The molecule has 0 aliphatic carbocycles. The number of rotatable bonds is 7. The second-order valence-corrected chi connectivity index (χ2v) is 5.06. The Labute approximate surface area is 144 Å². The molecule has 2 aromatic rings. The molecule has 0 bridgehead atoms. The van der Waals surface area contributed by atoms with Crippen LogP contribution in [-0.4, -0.2) is 35.8 Å². The highest BCUT2D eigenvalue weighted by Gasteiger charge is 2.23. The Morgan fingerprint density at radius 2 is 1.52 bits per heavy atom. The van der Waals surface area contributed by atoms with E-state index in [0.717, 1.165) is 5.56 Å². The molecule has 0 saturated carbocycles. The molecule has 0 fully saturated rings. The standard InChI is InChI=1S/C18H17NO6/c20-16(21)15(12-24-17(22)14-9-5-2-6-10-14)19-18(23)25-11-13-7-3-1-4-8-13/h1-10,15H,11-12H2,(H,19,23)(H,20,21)/t15-/m0/s1. The van der Waals surface area contributed by atoms with Crippen molar-refractivity contribution in [3.05, 3.63) is 71.8 Å². The van der Waals surface area contributed by atoms with Gasteiger partial charge in [0.1, 0.15) is 13.2 Å². The van der Waals surface area contributed by atoms with Crippen LogP contribution in [0.5, 0.6) is 0 Å². The molecule has 0 saturated heterocycles. The maximum Gasteiger partial charge on any atom is 0.408 e. The fraction of sp³-hybridized carbons (Fsp3) is 0.167. The number of alkyl carbamates (subject to hydrolysis) is 1. The molecule has 0 aliphatic heterocycles. The quantitative estimate of drug-likeness (QED) is 0.748. The lowest BCUT2D eigenvalue weighted by Gasteiger charge is -2.15. The molecule has 0 unspecified atom stereocenters. The number of carbonyl (C=O) groups excluding carboxylic acids is 2. The zero-order valence-electron chi connectivity index (χ0n) is 13.3. The number of carbonyl (C=O) groups is 3. The highest BCUT2D eigenvalue weighted by Crippen LogP contribution is 2.03. The molecule has 25 heavy (non-hydrogen) atoms. The summed E-state index contributed by atoms with van der Waals surface area (Å²) >= 11 is 0. The summed E-state index contributed by atoms with van der Waals surface area (Å²) in [6, 6.07) is 15.7. The number of hydrogen-bond acceptors (Lipinski definition) is 5. The minimum absolute atomic E-state index is 0.00279. The zero-order valence-corrected chi connectivity index (χ0v) is 13.3. The van der Waals surface area contributed by atoms with Gasteiger partial charge in [-0.1, -0.05) is 48.5 Å². The molecule has 1 atom stereocenters. The fourth-order valence-electron chi connectivity index (χ4n) is 1.90. The van der Waals surface area contributed by atoms with E-state index in [9.17, 15) is 14.4 Å². The number of hydrogen-bond donors (Lipinski definition) is 2. The van der Waals surface area contributed by atoms with Crippen molar-refractivity contribution in [2.45, 2.75) is 12.6 Å². The molecule has 2 rings (SSSR count). The molecule has 0 aromatic heterocycles. The summed E-state index contributed by atoms with van der Waals surface area (Å²) in [4.78, 5) is 34.7. The first-order chi connectivity index (χ1) is 12.1. The highest BCUT2D eigenvalue weighted by molar-refractivity contribution is 5.89. The van der Waals surface area contributed by atoms with Gasteiger partial charge in [-0.15, -0.1) is 0 Å². The molecule has 0 radical (unpaired) electrons. The Morgan fingerprint density at radius 3 is 2.12 bits per heavy atom. The van der Waals surface area contributed by atoms with E-state index in [0.29, 0.717) is 5.56 Å². The summed E-state index contributed by atoms with van der Waals surface area (Å²) in [5.41, 5.74) is 1.05. The van der Waals surface area contributed by atoms with Crippen LogP contribution in [0, 0.1) is 0 Å². The van der Waals surface area contributed by atoms with Crippen molar-refractivity contribution in [2.75, 3.05) is 6.61 Å². The summed E-state index contributed by atoms with van der Waals surface area (Å²) in [5.74, 6) is -2.01. The summed E-state index contributed by atoms with van der Waals surface area (Å²) in [5, 5.41) is 11.3. The number of aliphatic carboxylic acids is 1. The van der Waals surface area contributed by atoms with Gasteiger partial charge in [0, 0.05) is 0 Å². The van der Waals surface area contributed by atoms with Crippen LogP contribution in [0.15, 0.2) is 60.7 Å². The molecule has 130 valence electrons. The summed E-state index contributed by atoms with van der Waals surface area (Å²) in [6.07, 6.45) is -0.910. The second-order valence-electron chi connectivity index (χ2n) is 5.06. The monoisotopic (exact) mass is 343 g/mol. The summed E-state index contributed by atoms with van der Waals surface area (Å²) < 4.78 is 9.87. The van der Waals surface area contributed by atoms with E-state index in [1.807, 2.05) is 6.07 Å². The van der Waals surface area contributed by atoms with E-state index < -0.39 is 30.7 Å². The molecule has 7 heteroatoms. The molecule has 2 N–H and O–H groups in total. The number of esters is 1. The lowest BCUT2D eigenvalue weighted by atomic mass is 10.2. The largest absolute Gasteiger partial charge is 0.480 e. The Bertz CT molecular complexity index is 717. The third-order valence-electron chi connectivity index (χ3n) is 3.19. The third-order valence-corrected chi connectivity index (χ3v) is 3.19.